The Morgan fingerprint density at radius 1 is 0.967 bits per heavy atom. The van der Waals surface area contributed by atoms with Crippen molar-refractivity contribution in [1.29, 1.82) is 0 Å². The standard InChI is InChI=1S/C22H26F3N3O2/c1-4-28(5-2)21(30)20(16-11-7-6-8-12-16)27(3)15-19(29)26-18-14-10-9-13-17(18)22(23,24)25/h6-14,20H,4-5,15H2,1-3H3,(H,26,29)/t20-/m0/s1. The minimum Gasteiger partial charge on any atom is -0.342 e. The Balaban J connectivity index is 2.23. The molecule has 0 radical (unpaired) electrons. The van der Waals surface area contributed by atoms with E-state index in [1.165, 1.54) is 18.2 Å². The van der Waals surface area contributed by atoms with Gasteiger partial charge >= 0.3 is 6.18 Å². The van der Waals surface area contributed by atoms with Crippen LogP contribution >= 0.6 is 0 Å². The summed E-state index contributed by atoms with van der Waals surface area (Å²) in [6.07, 6.45) is -4.58. The Kier molecular flexibility index (Phi) is 8.00. The summed E-state index contributed by atoms with van der Waals surface area (Å²) in [5.74, 6) is -0.806. The predicted octanol–water partition coefficient (Wildman–Crippen LogP) is 4.19. The van der Waals surface area contributed by atoms with Crippen molar-refractivity contribution in [3.63, 3.8) is 0 Å². The molecule has 2 aromatic carbocycles. The van der Waals surface area contributed by atoms with E-state index < -0.39 is 23.7 Å². The summed E-state index contributed by atoms with van der Waals surface area (Å²) in [6.45, 7) is 4.50. The first-order valence-electron chi connectivity index (χ1n) is 9.69. The molecule has 30 heavy (non-hydrogen) atoms. The highest BCUT2D eigenvalue weighted by Gasteiger charge is 2.34. The van der Waals surface area contributed by atoms with E-state index in [0.29, 0.717) is 18.7 Å². The molecule has 0 fully saturated rings. The van der Waals surface area contributed by atoms with Crippen LogP contribution in [-0.4, -0.2) is 48.3 Å². The summed E-state index contributed by atoms with van der Waals surface area (Å²) in [4.78, 5) is 28.8. The number of nitrogens with one attached hydrogen (secondary N) is 1. The lowest BCUT2D eigenvalue weighted by Crippen LogP contribution is -2.44. The summed E-state index contributed by atoms with van der Waals surface area (Å²) in [5, 5.41) is 2.32. The Labute approximate surface area is 174 Å². The van der Waals surface area contributed by atoms with E-state index in [-0.39, 0.29) is 18.1 Å². The number of hydrogen-bond acceptors (Lipinski definition) is 3. The highest BCUT2D eigenvalue weighted by atomic mass is 19.4. The van der Waals surface area contributed by atoms with Gasteiger partial charge in [0.15, 0.2) is 0 Å². The quantitative estimate of drug-likeness (QED) is 0.696. The van der Waals surface area contributed by atoms with Crippen molar-refractivity contribution in [2.75, 3.05) is 32.0 Å². The number of halogens is 3. The van der Waals surface area contributed by atoms with Crippen LogP contribution in [0.25, 0.3) is 0 Å². The fourth-order valence-corrected chi connectivity index (χ4v) is 3.28. The summed E-state index contributed by atoms with van der Waals surface area (Å²) in [6, 6.07) is 13.1. The number of para-hydroxylation sites is 1. The third-order valence-corrected chi connectivity index (χ3v) is 4.76. The van der Waals surface area contributed by atoms with Gasteiger partial charge in [-0.3, -0.25) is 14.5 Å². The molecule has 162 valence electrons. The molecule has 8 heteroatoms. The molecule has 1 N–H and O–H groups in total. The van der Waals surface area contributed by atoms with Gasteiger partial charge in [-0.05, 0) is 38.6 Å². The van der Waals surface area contributed by atoms with E-state index >= 15 is 0 Å². The lowest BCUT2D eigenvalue weighted by molar-refractivity contribution is -0.137. The Morgan fingerprint density at radius 3 is 2.10 bits per heavy atom. The van der Waals surface area contributed by atoms with Crippen LogP contribution in [0.2, 0.25) is 0 Å². The molecule has 0 aromatic heterocycles. The molecule has 1 atom stereocenters. The van der Waals surface area contributed by atoms with E-state index in [9.17, 15) is 22.8 Å². The van der Waals surface area contributed by atoms with Crippen LogP contribution in [0, 0.1) is 0 Å². The number of nitrogens with zero attached hydrogens (tertiary/aromatic N) is 2. The average molecular weight is 421 g/mol. The number of hydrogen-bond donors (Lipinski definition) is 1. The molecule has 2 amide bonds. The maximum atomic E-state index is 13.2. The predicted molar refractivity (Wildman–Crippen MR) is 110 cm³/mol. The van der Waals surface area contributed by atoms with Crippen LogP contribution in [0.1, 0.15) is 31.0 Å². The number of rotatable bonds is 8. The van der Waals surface area contributed by atoms with Crippen LogP contribution in [0.5, 0.6) is 0 Å². The second kappa shape index (κ2) is 10.2. The van der Waals surface area contributed by atoms with Crippen molar-refractivity contribution in [2.24, 2.45) is 0 Å². The van der Waals surface area contributed by atoms with Gasteiger partial charge in [-0.25, -0.2) is 0 Å². The molecular weight excluding hydrogens is 395 g/mol. The number of amides is 2. The number of benzene rings is 2. The largest absolute Gasteiger partial charge is 0.418 e. The van der Waals surface area contributed by atoms with Crippen LogP contribution in [0.15, 0.2) is 54.6 Å². The number of anilines is 1. The van der Waals surface area contributed by atoms with Crippen LogP contribution in [0.4, 0.5) is 18.9 Å². The van der Waals surface area contributed by atoms with Crippen molar-refractivity contribution in [1.82, 2.24) is 9.80 Å². The van der Waals surface area contributed by atoms with E-state index in [0.717, 1.165) is 6.07 Å². The fraction of sp³-hybridized carbons (Fsp3) is 0.364. The Bertz CT molecular complexity index is 852. The van der Waals surface area contributed by atoms with Crippen molar-refractivity contribution >= 4 is 17.5 Å². The first kappa shape index (κ1) is 23.4. The smallest absolute Gasteiger partial charge is 0.342 e. The molecule has 0 aliphatic rings. The molecule has 2 aromatic rings. The molecule has 0 unspecified atom stereocenters. The molecule has 0 saturated heterocycles. The van der Waals surface area contributed by atoms with Gasteiger partial charge in [0.25, 0.3) is 0 Å². The minimum atomic E-state index is -4.58. The number of carbonyl (C=O) groups excluding carboxylic acids is 2. The minimum absolute atomic E-state index is 0.169. The van der Waals surface area contributed by atoms with Gasteiger partial charge in [0.05, 0.1) is 17.8 Å². The maximum absolute atomic E-state index is 13.2. The number of alkyl halides is 3. The zero-order valence-electron chi connectivity index (χ0n) is 17.2. The van der Waals surface area contributed by atoms with E-state index in [2.05, 4.69) is 5.32 Å². The first-order chi connectivity index (χ1) is 14.2. The van der Waals surface area contributed by atoms with Gasteiger partial charge in [-0.2, -0.15) is 13.2 Å². The summed E-state index contributed by atoms with van der Waals surface area (Å²) < 4.78 is 39.5. The van der Waals surface area contributed by atoms with Crippen LogP contribution in [0.3, 0.4) is 0 Å². The average Bonchev–Trinajstić information content (AvgIpc) is 2.69. The molecule has 0 aliphatic heterocycles. The first-order valence-corrected chi connectivity index (χ1v) is 9.69. The topological polar surface area (TPSA) is 52.7 Å². The fourth-order valence-electron chi connectivity index (χ4n) is 3.28. The molecule has 0 bridgehead atoms. The highest BCUT2D eigenvalue weighted by Crippen LogP contribution is 2.34. The van der Waals surface area contributed by atoms with Gasteiger partial charge in [0, 0.05) is 13.1 Å². The Morgan fingerprint density at radius 2 is 1.53 bits per heavy atom. The van der Waals surface area contributed by atoms with Gasteiger partial charge in [-0.15, -0.1) is 0 Å². The lowest BCUT2D eigenvalue weighted by atomic mass is 10.0. The molecule has 0 aliphatic carbocycles. The van der Waals surface area contributed by atoms with Crippen molar-refractivity contribution in [3.8, 4) is 0 Å². The highest BCUT2D eigenvalue weighted by molar-refractivity contribution is 5.93. The van der Waals surface area contributed by atoms with E-state index in [1.807, 2.05) is 19.9 Å². The van der Waals surface area contributed by atoms with Crippen molar-refractivity contribution in [3.05, 3.63) is 65.7 Å². The number of likely N-dealkylation sites (N-methyl/N-ethyl adjacent to an activating group) is 2. The van der Waals surface area contributed by atoms with Crippen molar-refractivity contribution in [2.45, 2.75) is 26.1 Å². The van der Waals surface area contributed by atoms with E-state index in [4.69, 9.17) is 0 Å². The zero-order chi connectivity index (χ0) is 22.3. The maximum Gasteiger partial charge on any atom is 0.418 e. The summed E-state index contributed by atoms with van der Waals surface area (Å²) in [7, 11) is 1.61. The van der Waals surface area contributed by atoms with Crippen molar-refractivity contribution < 1.29 is 22.8 Å². The SMILES string of the molecule is CCN(CC)C(=O)[C@H](c1ccccc1)N(C)CC(=O)Nc1ccccc1C(F)(F)F. The number of carbonyl (C=O) groups is 2. The molecular formula is C22H26F3N3O2. The van der Waals surface area contributed by atoms with Gasteiger partial charge in [-0.1, -0.05) is 42.5 Å². The monoisotopic (exact) mass is 421 g/mol. The molecule has 0 heterocycles. The summed E-state index contributed by atoms with van der Waals surface area (Å²) in [5.41, 5.74) is -0.519. The van der Waals surface area contributed by atoms with Gasteiger partial charge in [0.2, 0.25) is 11.8 Å². The molecule has 0 saturated carbocycles. The normalized spacial score (nSPS) is 12.5. The van der Waals surface area contributed by atoms with Crippen LogP contribution in [-0.2, 0) is 15.8 Å². The van der Waals surface area contributed by atoms with E-state index in [1.54, 1.807) is 41.1 Å². The Hall–Kier alpha value is -2.87. The van der Waals surface area contributed by atoms with Crippen LogP contribution < -0.4 is 5.32 Å². The zero-order valence-corrected chi connectivity index (χ0v) is 17.2. The summed E-state index contributed by atoms with van der Waals surface area (Å²) >= 11 is 0. The lowest BCUT2D eigenvalue weighted by Gasteiger charge is -2.31. The third-order valence-electron chi connectivity index (χ3n) is 4.76. The molecule has 5 nitrogen and oxygen atoms in total. The van der Waals surface area contributed by atoms with Gasteiger partial charge in [0.1, 0.15) is 6.04 Å². The second-order valence-corrected chi connectivity index (χ2v) is 6.83. The molecule has 2 rings (SSSR count). The molecule has 0 spiro atoms. The van der Waals surface area contributed by atoms with Gasteiger partial charge < -0.3 is 10.2 Å². The third kappa shape index (κ3) is 5.82. The second-order valence-electron chi connectivity index (χ2n) is 6.83.